The van der Waals surface area contributed by atoms with Crippen molar-refractivity contribution in [1.82, 2.24) is 15.1 Å². The van der Waals surface area contributed by atoms with Crippen molar-refractivity contribution in [2.24, 2.45) is 7.05 Å². The first-order valence-corrected chi connectivity index (χ1v) is 8.69. The Balaban J connectivity index is 0.000000362. The van der Waals surface area contributed by atoms with Gasteiger partial charge in [0.15, 0.2) is 23.3 Å². The van der Waals surface area contributed by atoms with Crippen LogP contribution in [0.25, 0.3) is 0 Å². The molecule has 0 atom stereocenters. The molecule has 0 aliphatic heterocycles. The number of benzene rings is 1. The topological polar surface area (TPSA) is 67.2 Å². The van der Waals surface area contributed by atoms with Crippen LogP contribution in [0.3, 0.4) is 0 Å². The molecule has 1 aromatic heterocycles. The van der Waals surface area contributed by atoms with E-state index < -0.39 is 52.4 Å². The van der Waals surface area contributed by atoms with E-state index in [9.17, 15) is 22.4 Å². The largest absolute Gasteiger partial charge is 0.465 e. The second-order valence-corrected chi connectivity index (χ2v) is 7.38. The fourth-order valence-electron chi connectivity index (χ4n) is 2.40. The Bertz CT molecular complexity index is 834. The third-order valence-electron chi connectivity index (χ3n) is 3.71. The lowest BCUT2D eigenvalue weighted by Crippen LogP contribution is -2.25. The number of rotatable bonds is 3. The zero-order valence-electron chi connectivity index (χ0n) is 16.1. The number of amides is 1. The monoisotopic (exact) mass is 423 g/mol. The van der Waals surface area contributed by atoms with Crippen LogP contribution in [0.15, 0.2) is 6.20 Å². The van der Waals surface area contributed by atoms with Gasteiger partial charge in [-0.05, 0) is 11.8 Å². The number of hydrogen-bond donors (Lipinski definition) is 2. The zero-order chi connectivity index (χ0) is 21.8. The molecule has 0 bridgehead atoms. The second-order valence-electron chi connectivity index (χ2n) is 6.97. The lowest BCUT2D eigenvalue weighted by atomic mass is 9.85. The Hall–Kier alpha value is -2.29. The molecule has 1 aromatic carbocycles. The van der Waals surface area contributed by atoms with E-state index in [-0.39, 0.29) is 0 Å². The number of carbonyl (C=O) groups is 1. The van der Waals surface area contributed by atoms with E-state index in [1.54, 1.807) is 16.2 Å². The van der Waals surface area contributed by atoms with E-state index in [1.165, 1.54) is 20.8 Å². The minimum absolute atomic E-state index is 0.707. The fourth-order valence-corrected chi connectivity index (χ4v) is 2.71. The van der Waals surface area contributed by atoms with Gasteiger partial charge in [-0.2, -0.15) is 5.10 Å². The van der Waals surface area contributed by atoms with Crippen LogP contribution in [0.1, 0.15) is 44.5 Å². The summed E-state index contributed by atoms with van der Waals surface area (Å²) in [6.45, 7) is 5.40. The summed E-state index contributed by atoms with van der Waals surface area (Å²) in [6, 6.07) is 0. The maximum Gasteiger partial charge on any atom is 0.404 e. The molecule has 28 heavy (non-hydrogen) atoms. The van der Waals surface area contributed by atoms with Crippen LogP contribution in [-0.2, 0) is 25.4 Å². The maximum atomic E-state index is 13.8. The van der Waals surface area contributed by atoms with Crippen molar-refractivity contribution in [3.05, 3.63) is 51.3 Å². The highest BCUT2D eigenvalue weighted by atomic mass is 35.5. The number of aryl methyl sites for hydroxylation is 2. The summed E-state index contributed by atoms with van der Waals surface area (Å²) in [7, 11) is 1.87. The van der Waals surface area contributed by atoms with E-state index in [2.05, 4.69) is 5.10 Å². The van der Waals surface area contributed by atoms with Crippen molar-refractivity contribution in [2.75, 3.05) is 0 Å². The van der Waals surface area contributed by atoms with E-state index >= 15 is 0 Å². The molecule has 0 aliphatic carbocycles. The minimum atomic E-state index is -1.59. The first-order chi connectivity index (χ1) is 12.8. The molecular weight excluding hydrogens is 402 g/mol. The van der Waals surface area contributed by atoms with Crippen molar-refractivity contribution in [3.8, 4) is 0 Å². The van der Waals surface area contributed by atoms with Gasteiger partial charge in [-0.1, -0.05) is 39.3 Å². The average molecular weight is 424 g/mol. The molecule has 0 radical (unpaired) electrons. The Kier molecular flexibility index (Phi) is 7.86. The molecule has 156 valence electrons. The number of nitrogens with zero attached hydrogens (tertiary/aromatic N) is 2. The maximum absolute atomic E-state index is 13.8. The molecule has 5 nitrogen and oxygen atoms in total. The predicted octanol–water partition coefficient (Wildman–Crippen LogP) is 4.94. The van der Waals surface area contributed by atoms with Crippen molar-refractivity contribution < 1.29 is 27.5 Å². The highest BCUT2D eigenvalue weighted by Crippen LogP contribution is 2.32. The summed E-state index contributed by atoms with van der Waals surface area (Å²) in [5, 5.41) is 14.9. The Morgan fingerprint density at radius 3 is 1.96 bits per heavy atom. The van der Waals surface area contributed by atoms with Crippen LogP contribution in [0.4, 0.5) is 22.4 Å². The molecule has 0 saturated carbocycles. The quantitative estimate of drug-likeness (QED) is 0.542. The van der Waals surface area contributed by atoms with Gasteiger partial charge in [0.05, 0.1) is 17.3 Å². The third kappa shape index (κ3) is 5.60. The smallest absolute Gasteiger partial charge is 0.404 e. The van der Waals surface area contributed by atoms with Gasteiger partial charge in [0.1, 0.15) is 0 Å². The minimum Gasteiger partial charge on any atom is -0.465 e. The van der Waals surface area contributed by atoms with E-state index in [0.717, 1.165) is 17.1 Å². The first-order valence-electron chi connectivity index (χ1n) is 8.31. The SMILES string of the molecule is CC(C)(C)c1c(F)c(F)c(CNC(=O)O)c(F)c1F.CCc1nn(C)cc1Cl. The van der Waals surface area contributed by atoms with Crippen LogP contribution in [0.5, 0.6) is 0 Å². The predicted molar refractivity (Wildman–Crippen MR) is 97.4 cm³/mol. The number of hydrogen-bond acceptors (Lipinski definition) is 2. The fraction of sp³-hybridized carbons (Fsp3) is 0.444. The first kappa shape index (κ1) is 23.7. The molecule has 1 amide bonds. The number of aromatic nitrogens is 2. The molecule has 0 unspecified atom stereocenters. The highest BCUT2D eigenvalue weighted by molar-refractivity contribution is 6.31. The summed E-state index contributed by atoms with van der Waals surface area (Å²) in [6.07, 6.45) is 1.15. The van der Waals surface area contributed by atoms with Gasteiger partial charge in [-0.3, -0.25) is 4.68 Å². The lowest BCUT2D eigenvalue weighted by molar-refractivity contribution is 0.193. The molecule has 0 fully saturated rings. The van der Waals surface area contributed by atoms with Gasteiger partial charge in [-0.25, -0.2) is 22.4 Å². The molecule has 1 heterocycles. The van der Waals surface area contributed by atoms with Crippen molar-refractivity contribution in [2.45, 2.75) is 46.1 Å². The van der Waals surface area contributed by atoms with Gasteiger partial charge in [0.2, 0.25) is 0 Å². The van der Waals surface area contributed by atoms with Crippen molar-refractivity contribution >= 4 is 17.7 Å². The Morgan fingerprint density at radius 2 is 1.68 bits per heavy atom. The van der Waals surface area contributed by atoms with Crippen LogP contribution in [0, 0.1) is 23.3 Å². The molecule has 0 spiro atoms. The van der Waals surface area contributed by atoms with Gasteiger partial charge in [-0.15, -0.1) is 0 Å². The van der Waals surface area contributed by atoms with Crippen molar-refractivity contribution in [3.63, 3.8) is 0 Å². The Labute approximate surface area is 165 Å². The number of carboxylic acid groups (broad SMARTS) is 1. The lowest BCUT2D eigenvalue weighted by Gasteiger charge is -2.22. The summed E-state index contributed by atoms with van der Waals surface area (Å²) >= 11 is 5.76. The van der Waals surface area contributed by atoms with Gasteiger partial charge in [0.25, 0.3) is 0 Å². The van der Waals surface area contributed by atoms with Crippen LogP contribution >= 0.6 is 11.6 Å². The van der Waals surface area contributed by atoms with Gasteiger partial charge >= 0.3 is 6.09 Å². The van der Waals surface area contributed by atoms with Crippen molar-refractivity contribution in [1.29, 1.82) is 0 Å². The van der Waals surface area contributed by atoms with E-state index in [4.69, 9.17) is 16.7 Å². The molecule has 0 saturated heterocycles. The molecule has 2 N–H and O–H groups in total. The molecule has 10 heteroatoms. The summed E-state index contributed by atoms with van der Waals surface area (Å²) in [5.74, 6) is -6.18. The van der Waals surface area contributed by atoms with E-state index in [1.807, 2.05) is 14.0 Å². The number of nitrogens with one attached hydrogen (secondary N) is 1. The normalized spacial score (nSPS) is 11.1. The van der Waals surface area contributed by atoms with Crippen LogP contribution in [0.2, 0.25) is 5.02 Å². The zero-order valence-corrected chi connectivity index (χ0v) is 16.9. The van der Waals surface area contributed by atoms with Gasteiger partial charge in [0, 0.05) is 24.4 Å². The number of halogens is 5. The molecular formula is C18H22ClF4N3O2. The molecule has 2 aromatic rings. The van der Waals surface area contributed by atoms with E-state index in [0.29, 0.717) is 0 Å². The molecule has 2 rings (SSSR count). The summed E-state index contributed by atoms with van der Waals surface area (Å²) in [5.41, 5.74) is -1.85. The molecule has 0 aliphatic rings. The second kappa shape index (κ2) is 9.27. The highest BCUT2D eigenvalue weighted by Gasteiger charge is 2.31. The Morgan fingerprint density at radius 1 is 1.18 bits per heavy atom. The third-order valence-corrected chi connectivity index (χ3v) is 4.03. The standard InChI is InChI=1S/C12H13F4NO2.C6H9ClN2/c1-12(2,3)6-9(15)7(13)5(4-17-11(18)19)8(14)10(6)16;1-3-6-5(7)4-9(2)8-6/h17H,4H2,1-3H3,(H,18,19);4H,3H2,1-2H3. The summed E-state index contributed by atoms with van der Waals surface area (Å²) < 4.78 is 56.6. The van der Waals surface area contributed by atoms with Crippen LogP contribution in [-0.4, -0.2) is 21.0 Å². The average Bonchev–Trinajstić information content (AvgIpc) is 2.90. The summed E-state index contributed by atoms with van der Waals surface area (Å²) in [4.78, 5) is 10.2. The van der Waals surface area contributed by atoms with Crippen LogP contribution < -0.4 is 5.32 Å². The van der Waals surface area contributed by atoms with Gasteiger partial charge < -0.3 is 10.4 Å².